The van der Waals surface area contributed by atoms with Crippen molar-refractivity contribution in [3.8, 4) is 11.1 Å². The Bertz CT molecular complexity index is 2700. The molecule has 9 rings (SSSR count). The SMILES string of the molecule is CC(C)(C)c1ccc2ccc3c(C(C)(C)C)cc(N(c4ccccc4)c4ccc(-c5cccc6c5oc5ccccc56)cc4)c4ccc1c2c43. The van der Waals surface area contributed by atoms with Gasteiger partial charge in [-0.05, 0) is 90.8 Å². The lowest BCUT2D eigenvalue weighted by Gasteiger charge is -2.32. The van der Waals surface area contributed by atoms with Crippen LogP contribution in [0, 0.1) is 0 Å². The smallest absolute Gasteiger partial charge is 0.143 e. The molecule has 0 saturated heterocycles. The second-order valence-electron chi connectivity index (χ2n) is 15.8. The highest BCUT2D eigenvalue weighted by molar-refractivity contribution is 6.27. The Labute approximate surface area is 293 Å². The van der Waals surface area contributed by atoms with Crippen molar-refractivity contribution in [1.82, 2.24) is 0 Å². The Balaban J connectivity index is 1.30. The summed E-state index contributed by atoms with van der Waals surface area (Å²) in [6.45, 7) is 14.0. The summed E-state index contributed by atoms with van der Waals surface area (Å²) in [4.78, 5) is 2.44. The third-order valence-corrected chi connectivity index (χ3v) is 10.5. The van der Waals surface area contributed by atoms with E-state index in [0.717, 1.165) is 44.4 Å². The van der Waals surface area contributed by atoms with Crippen molar-refractivity contribution in [3.05, 3.63) is 151 Å². The Hall–Kier alpha value is -5.60. The molecular weight excluding hydrogens is 607 g/mol. The fraction of sp³-hybridized carbons (Fsp3) is 0.167. The minimum Gasteiger partial charge on any atom is -0.455 e. The van der Waals surface area contributed by atoms with Gasteiger partial charge in [-0.2, -0.15) is 0 Å². The molecule has 0 atom stereocenters. The topological polar surface area (TPSA) is 16.4 Å². The van der Waals surface area contributed by atoms with Crippen molar-refractivity contribution >= 4 is 71.3 Å². The number of nitrogens with zero attached hydrogens (tertiary/aromatic N) is 1. The van der Waals surface area contributed by atoms with E-state index in [9.17, 15) is 0 Å². The summed E-state index contributed by atoms with van der Waals surface area (Å²) < 4.78 is 6.42. The Morgan fingerprint density at radius 3 is 1.84 bits per heavy atom. The number of furan rings is 1. The highest BCUT2D eigenvalue weighted by atomic mass is 16.3. The van der Waals surface area contributed by atoms with Gasteiger partial charge in [0.15, 0.2) is 0 Å². The van der Waals surface area contributed by atoms with Gasteiger partial charge in [-0.25, -0.2) is 0 Å². The van der Waals surface area contributed by atoms with Crippen LogP contribution in [0.5, 0.6) is 0 Å². The predicted molar refractivity (Wildman–Crippen MR) is 215 cm³/mol. The summed E-state index contributed by atoms with van der Waals surface area (Å²) in [5, 5.41) is 10.2. The van der Waals surface area contributed by atoms with E-state index in [1.165, 1.54) is 49.1 Å². The van der Waals surface area contributed by atoms with Gasteiger partial charge in [0.2, 0.25) is 0 Å². The minimum absolute atomic E-state index is 0.0303. The normalized spacial score (nSPS) is 12.6. The number of para-hydroxylation sites is 3. The van der Waals surface area contributed by atoms with Crippen LogP contribution in [-0.4, -0.2) is 0 Å². The van der Waals surface area contributed by atoms with Gasteiger partial charge in [-0.15, -0.1) is 0 Å². The first-order valence-corrected chi connectivity index (χ1v) is 17.7. The summed E-state index contributed by atoms with van der Waals surface area (Å²) in [7, 11) is 0. The van der Waals surface area contributed by atoms with Crippen LogP contribution in [0.3, 0.4) is 0 Å². The van der Waals surface area contributed by atoms with Crippen LogP contribution >= 0.6 is 0 Å². The number of fused-ring (bicyclic) bond motifs is 3. The minimum atomic E-state index is -0.0681. The van der Waals surface area contributed by atoms with Crippen molar-refractivity contribution in [2.24, 2.45) is 0 Å². The molecule has 0 bridgehead atoms. The van der Waals surface area contributed by atoms with E-state index in [0.29, 0.717) is 0 Å². The van der Waals surface area contributed by atoms with Gasteiger partial charge >= 0.3 is 0 Å². The van der Waals surface area contributed by atoms with E-state index in [4.69, 9.17) is 4.42 Å². The summed E-state index contributed by atoms with van der Waals surface area (Å²) in [5.74, 6) is 0. The molecule has 1 aromatic heterocycles. The fourth-order valence-electron chi connectivity index (χ4n) is 8.11. The number of hydrogen-bond acceptors (Lipinski definition) is 2. The number of benzene rings is 8. The molecule has 0 aliphatic carbocycles. The maximum absolute atomic E-state index is 6.42. The van der Waals surface area contributed by atoms with Gasteiger partial charge in [0.25, 0.3) is 0 Å². The molecular formula is C48H41NO. The van der Waals surface area contributed by atoms with Gasteiger partial charge in [0.05, 0.1) is 5.69 Å². The van der Waals surface area contributed by atoms with E-state index in [1.54, 1.807) is 0 Å². The summed E-state index contributed by atoms with van der Waals surface area (Å²) in [6.07, 6.45) is 0. The van der Waals surface area contributed by atoms with Gasteiger partial charge < -0.3 is 9.32 Å². The monoisotopic (exact) mass is 647 g/mol. The quantitative estimate of drug-likeness (QED) is 0.177. The lowest BCUT2D eigenvalue weighted by molar-refractivity contribution is 0.595. The zero-order valence-electron chi connectivity index (χ0n) is 29.6. The molecule has 8 aromatic carbocycles. The van der Waals surface area contributed by atoms with Crippen molar-refractivity contribution in [1.29, 1.82) is 0 Å². The van der Waals surface area contributed by atoms with Gasteiger partial charge in [-0.3, -0.25) is 0 Å². The maximum atomic E-state index is 6.42. The van der Waals surface area contributed by atoms with Gasteiger partial charge in [-0.1, -0.05) is 145 Å². The second kappa shape index (κ2) is 11.0. The zero-order valence-corrected chi connectivity index (χ0v) is 29.6. The molecule has 1 heterocycles. The van der Waals surface area contributed by atoms with E-state index >= 15 is 0 Å². The third-order valence-electron chi connectivity index (χ3n) is 10.5. The Morgan fingerprint density at radius 1 is 0.460 bits per heavy atom. The molecule has 2 heteroatoms. The summed E-state index contributed by atoms with van der Waals surface area (Å²) >= 11 is 0. The predicted octanol–water partition coefficient (Wildman–Crippen LogP) is 14.2. The molecule has 0 radical (unpaired) electrons. The molecule has 0 aliphatic rings. The molecule has 0 spiro atoms. The number of rotatable bonds is 4. The molecule has 244 valence electrons. The Morgan fingerprint density at radius 2 is 1.08 bits per heavy atom. The zero-order chi connectivity index (χ0) is 34.4. The summed E-state index contributed by atoms with van der Waals surface area (Å²) in [6, 6.07) is 51.0. The second-order valence-corrected chi connectivity index (χ2v) is 15.8. The molecule has 50 heavy (non-hydrogen) atoms. The van der Waals surface area contributed by atoms with E-state index in [-0.39, 0.29) is 10.8 Å². The fourth-order valence-corrected chi connectivity index (χ4v) is 8.11. The molecule has 0 N–H and O–H groups in total. The lowest BCUT2D eigenvalue weighted by Crippen LogP contribution is -2.16. The van der Waals surface area contributed by atoms with Crippen LogP contribution in [0.25, 0.3) is 65.4 Å². The largest absolute Gasteiger partial charge is 0.455 e. The highest BCUT2D eigenvalue weighted by Gasteiger charge is 2.27. The lowest BCUT2D eigenvalue weighted by atomic mass is 9.78. The molecule has 0 saturated carbocycles. The molecule has 2 nitrogen and oxygen atoms in total. The van der Waals surface area contributed by atoms with Crippen molar-refractivity contribution < 1.29 is 4.42 Å². The average Bonchev–Trinajstić information content (AvgIpc) is 3.50. The molecule has 0 fully saturated rings. The van der Waals surface area contributed by atoms with E-state index < -0.39 is 0 Å². The highest BCUT2D eigenvalue weighted by Crippen LogP contribution is 2.49. The van der Waals surface area contributed by atoms with E-state index in [2.05, 4.69) is 174 Å². The first kappa shape index (κ1) is 30.5. The van der Waals surface area contributed by atoms with E-state index in [1.807, 2.05) is 12.1 Å². The molecule has 9 aromatic rings. The van der Waals surface area contributed by atoms with Crippen LogP contribution in [-0.2, 0) is 10.8 Å². The average molecular weight is 648 g/mol. The first-order valence-electron chi connectivity index (χ1n) is 17.7. The van der Waals surface area contributed by atoms with Crippen LogP contribution in [0.2, 0.25) is 0 Å². The molecule has 0 amide bonds. The number of hydrogen-bond donors (Lipinski definition) is 0. The van der Waals surface area contributed by atoms with Crippen molar-refractivity contribution in [2.75, 3.05) is 4.90 Å². The van der Waals surface area contributed by atoms with Crippen LogP contribution in [0.1, 0.15) is 52.7 Å². The Kier molecular flexibility index (Phi) is 6.67. The number of anilines is 3. The van der Waals surface area contributed by atoms with Crippen molar-refractivity contribution in [3.63, 3.8) is 0 Å². The third kappa shape index (κ3) is 4.70. The standard InChI is InChI=1S/C48H41NO/c1-47(2,3)40-28-22-31-21-25-38-41(48(4,5)6)29-42(39-27-26-37(40)44(31)45(38)39)49(32-13-8-7-9-14-32)33-23-19-30(20-24-33)34-16-12-17-36-35-15-10-11-18-43(35)50-46(34)36/h7-29H,1-6H3. The molecule has 0 unspecified atom stereocenters. The first-order chi connectivity index (χ1) is 24.1. The van der Waals surface area contributed by atoms with Gasteiger partial charge in [0.1, 0.15) is 11.2 Å². The summed E-state index contributed by atoms with van der Waals surface area (Å²) in [5.41, 5.74) is 10.2. The van der Waals surface area contributed by atoms with Crippen LogP contribution < -0.4 is 4.90 Å². The van der Waals surface area contributed by atoms with Gasteiger partial charge in [0, 0.05) is 33.1 Å². The maximum Gasteiger partial charge on any atom is 0.143 e. The van der Waals surface area contributed by atoms with Crippen molar-refractivity contribution in [2.45, 2.75) is 52.4 Å². The van der Waals surface area contributed by atoms with Crippen LogP contribution in [0.15, 0.2) is 144 Å². The molecule has 0 aliphatic heterocycles. The van der Waals surface area contributed by atoms with Crippen LogP contribution in [0.4, 0.5) is 17.1 Å².